The number of carbonyl (C=O) groups excluding carboxylic acids is 1. The van der Waals surface area contributed by atoms with E-state index in [1.807, 2.05) is 27.8 Å². The molecule has 1 unspecified atom stereocenters. The van der Waals surface area contributed by atoms with Gasteiger partial charge in [-0.05, 0) is 40.8 Å². The molecule has 2 N–H and O–H groups in total. The molecule has 0 aliphatic carbocycles. The predicted molar refractivity (Wildman–Crippen MR) is 59.5 cm³/mol. The van der Waals surface area contributed by atoms with Crippen molar-refractivity contribution in [2.75, 3.05) is 20.1 Å². The van der Waals surface area contributed by atoms with Gasteiger partial charge in [0.15, 0.2) is 0 Å². The lowest BCUT2D eigenvalue weighted by molar-refractivity contribution is -0.156. The maximum Gasteiger partial charge on any atom is 0.308 e. The van der Waals surface area contributed by atoms with Crippen molar-refractivity contribution in [2.45, 2.75) is 44.8 Å². The third-order valence-electron chi connectivity index (χ3n) is 2.49. The number of hydrogen-bond acceptors (Lipinski definition) is 4. The highest BCUT2D eigenvalue weighted by Crippen LogP contribution is 2.22. The maximum atomic E-state index is 11.6. The van der Waals surface area contributed by atoms with E-state index in [9.17, 15) is 4.79 Å². The minimum atomic E-state index is -0.419. The van der Waals surface area contributed by atoms with Crippen LogP contribution in [0.25, 0.3) is 0 Å². The number of carbonyl (C=O) groups is 1. The van der Waals surface area contributed by atoms with Crippen molar-refractivity contribution in [1.29, 1.82) is 0 Å². The van der Waals surface area contributed by atoms with Gasteiger partial charge in [-0.25, -0.2) is 0 Å². The second-order valence-corrected chi connectivity index (χ2v) is 5.61. The zero-order valence-electron chi connectivity index (χ0n) is 10.2. The van der Waals surface area contributed by atoms with Crippen LogP contribution in [0.2, 0.25) is 0 Å². The summed E-state index contributed by atoms with van der Waals surface area (Å²) in [6.07, 6.45) is 1.18. The Hall–Kier alpha value is -0.610. The Morgan fingerprint density at radius 3 is 2.53 bits per heavy atom. The van der Waals surface area contributed by atoms with Crippen molar-refractivity contribution in [2.24, 2.45) is 5.73 Å². The fourth-order valence-corrected chi connectivity index (χ4v) is 1.92. The van der Waals surface area contributed by atoms with Crippen LogP contribution in [0.15, 0.2) is 0 Å². The van der Waals surface area contributed by atoms with Crippen molar-refractivity contribution in [3.05, 3.63) is 0 Å². The summed E-state index contributed by atoms with van der Waals surface area (Å²) in [5.41, 5.74) is 5.32. The van der Waals surface area contributed by atoms with Crippen LogP contribution >= 0.6 is 0 Å². The van der Waals surface area contributed by atoms with Crippen LogP contribution in [0.1, 0.15) is 33.6 Å². The van der Waals surface area contributed by atoms with E-state index >= 15 is 0 Å². The van der Waals surface area contributed by atoms with Gasteiger partial charge in [0.2, 0.25) is 0 Å². The molecule has 15 heavy (non-hydrogen) atoms. The fraction of sp³-hybridized carbons (Fsp3) is 0.909. The monoisotopic (exact) mass is 214 g/mol. The Morgan fingerprint density at radius 1 is 1.53 bits per heavy atom. The van der Waals surface area contributed by atoms with E-state index < -0.39 is 11.1 Å². The van der Waals surface area contributed by atoms with E-state index in [0.717, 1.165) is 19.5 Å². The molecule has 0 saturated carbocycles. The van der Waals surface area contributed by atoms with Crippen LogP contribution in [-0.2, 0) is 9.53 Å². The molecule has 0 aromatic heterocycles. The lowest BCUT2D eigenvalue weighted by Gasteiger charge is -2.26. The van der Waals surface area contributed by atoms with Gasteiger partial charge in [0, 0.05) is 12.1 Å². The first-order valence-electron chi connectivity index (χ1n) is 5.39. The molecule has 1 fully saturated rings. The quantitative estimate of drug-likeness (QED) is 0.689. The predicted octanol–water partition coefficient (Wildman–Crippen LogP) is 0.751. The number of esters is 1. The van der Waals surface area contributed by atoms with E-state index in [2.05, 4.69) is 4.90 Å². The first-order valence-corrected chi connectivity index (χ1v) is 5.39. The van der Waals surface area contributed by atoms with Gasteiger partial charge in [0.25, 0.3) is 0 Å². The lowest BCUT2D eigenvalue weighted by atomic mass is 9.96. The van der Waals surface area contributed by atoms with E-state index in [4.69, 9.17) is 10.5 Å². The fourth-order valence-electron chi connectivity index (χ4n) is 1.92. The SMILES string of the molecule is CN1CCC(N)(CC(=O)OC(C)(C)C)C1. The van der Waals surface area contributed by atoms with Crippen molar-refractivity contribution >= 4 is 5.97 Å². The zero-order valence-corrected chi connectivity index (χ0v) is 10.2. The summed E-state index contributed by atoms with van der Waals surface area (Å²) in [6, 6.07) is 0. The van der Waals surface area contributed by atoms with E-state index in [-0.39, 0.29) is 5.97 Å². The van der Waals surface area contributed by atoms with Crippen molar-refractivity contribution in [1.82, 2.24) is 4.90 Å². The highest BCUT2D eigenvalue weighted by Gasteiger charge is 2.36. The number of nitrogens with two attached hydrogens (primary N) is 1. The molecule has 0 bridgehead atoms. The minimum absolute atomic E-state index is 0.194. The third-order valence-corrected chi connectivity index (χ3v) is 2.49. The van der Waals surface area contributed by atoms with E-state index in [1.54, 1.807) is 0 Å². The molecule has 88 valence electrons. The van der Waals surface area contributed by atoms with Gasteiger partial charge in [0.1, 0.15) is 5.60 Å². The van der Waals surface area contributed by atoms with Crippen LogP contribution in [0.5, 0.6) is 0 Å². The normalized spacial score (nSPS) is 28.1. The summed E-state index contributed by atoms with van der Waals surface area (Å²) < 4.78 is 5.26. The Balaban J connectivity index is 2.45. The van der Waals surface area contributed by atoms with Crippen molar-refractivity contribution < 1.29 is 9.53 Å². The molecule has 1 aliphatic heterocycles. The minimum Gasteiger partial charge on any atom is -0.460 e. The van der Waals surface area contributed by atoms with E-state index in [1.165, 1.54) is 0 Å². The highest BCUT2D eigenvalue weighted by atomic mass is 16.6. The molecule has 0 spiro atoms. The molecule has 1 heterocycles. The molecule has 1 aliphatic rings. The third kappa shape index (κ3) is 4.18. The first kappa shape index (κ1) is 12.5. The first-order chi connectivity index (χ1) is 6.70. The summed E-state index contributed by atoms with van der Waals surface area (Å²) in [7, 11) is 2.02. The Bertz CT molecular complexity index is 247. The van der Waals surface area contributed by atoms with Crippen molar-refractivity contribution in [3.8, 4) is 0 Å². The lowest BCUT2D eigenvalue weighted by Crippen LogP contribution is -2.45. The number of likely N-dealkylation sites (N-methyl/N-ethyl adjacent to an activating group) is 1. The summed E-state index contributed by atoms with van der Waals surface area (Å²) in [5, 5.41) is 0. The average molecular weight is 214 g/mol. The highest BCUT2D eigenvalue weighted by molar-refractivity contribution is 5.71. The summed E-state index contributed by atoms with van der Waals surface area (Å²) in [4.78, 5) is 13.7. The van der Waals surface area contributed by atoms with Crippen LogP contribution in [-0.4, -0.2) is 42.1 Å². The van der Waals surface area contributed by atoms with Crippen LogP contribution in [0.4, 0.5) is 0 Å². The number of ether oxygens (including phenoxy) is 1. The zero-order chi connectivity index (χ0) is 11.7. The van der Waals surface area contributed by atoms with Crippen LogP contribution in [0.3, 0.4) is 0 Å². The molecule has 1 saturated heterocycles. The largest absolute Gasteiger partial charge is 0.460 e. The molecule has 4 nitrogen and oxygen atoms in total. The van der Waals surface area contributed by atoms with Gasteiger partial charge in [-0.3, -0.25) is 4.79 Å². The molecule has 0 amide bonds. The molecule has 4 heteroatoms. The Morgan fingerprint density at radius 2 is 2.13 bits per heavy atom. The van der Waals surface area contributed by atoms with Gasteiger partial charge in [-0.2, -0.15) is 0 Å². The molecule has 1 atom stereocenters. The summed E-state index contributed by atoms with van der Waals surface area (Å²) >= 11 is 0. The number of rotatable bonds is 2. The molecule has 0 radical (unpaired) electrons. The molecule has 1 rings (SSSR count). The standard InChI is InChI=1S/C11H22N2O2/c1-10(2,3)15-9(14)7-11(12)5-6-13(4)8-11/h5-8,12H2,1-4H3. The second kappa shape index (κ2) is 4.10. The Kier molecular flexibility index (Phi) is 3.41. The average Bonchev–Trinajstić information content (AvgIpc) is 2.25. The second-order valence-electron chi connectivity index (χ2n) is 5.61. The van der Waals surface area contributed by atoms with Crippen LogP contribution in [0, 0.1) is 0 Å². The van der Waals surface area contributed by atoms with Gasteiger partial charge in [0.05, 0.1) is 6.42 Å². The Labute approximate surface area is 91.8 Å². The van der Waals surface area contributed by atoms with Gasteiger partial charge in [-0.1, -0.05) is 0 Å². The topological polar surface area (TPSA) is 55.6 Å². The molecule has 0 aromatic carbocycles. The van der Waals surface area contributed by atoms with E-state index in [0.29, 0.717) is 6.42 Å². The number of likely N-dealkylation sites (tertiary alicyclic amines) is 1. The number of nitrogens with zero attached hydrogens (tertiary/aromatic N) is 1. The molecular formula is C11H22N2O2. The van der Waals surface area contributed by atoms with Gasteiger partial charge < -0.3 is 15.4 Å². The summed E-state index contributed by atoms with van der Waals surface area (Å²) in [5.74, 6) is -0.194. The van der Waals surface area contributed by atoms with Crippen LogP contribution < -0.4 is 5.73 Å². The van der Waals surface area contributed by atoms with Gasteiger partial charge in [-0.15, -0.1) is 0 Å². The number of hydrogen-bond donors (Lipinski definition) is 1. The molecular weight excluding hydrogens is 192 g/mol. The van der Waals surface area contributed by atoms with Crippen molar-refractivity contribution in [3.63, 3.8) is 0 Å². The molecule has 0 aromatic rings. The smallest absolute Gasteiger partial charge is 0.308 e. The van der Waals surface area contributed by atoms with Gasteiger partial charge >= 0.3 is 5.97 Å². The maximum absolute atomic E-state index is 11.6. The summed E-state index contributed by atoms with van der Waals surface area (Å²) in [6.45, 7) is 7.34.